The fraction of sp³-hybridized carbons (Fsp3) is 0.292. The van der Waals surface area contributed by atoms with E-state index < -0.39 is 18.5 Å². The zero-order chi connectivity index (χ0) is 22.4. The van der Waals surface area contributed by atoms with Crippen LogP contribution in [0.15, 0.2) is 53.2 Å². The fourth-order valence-corrected chi connectivity index (χ4v) is 3.20. The molecule has 0 fully saturated rings. The lowest BCUT2D eigenvalue weighted by atomic mass is 10.0. The van der Waals surface area contributed by atoms with E-state index in [0.717, 1.165) is 5.56 Å². The Morgan fingerprint density at radius 3 is 2.48 bits per heavy atom. The van der Waals surface area contributed by atoms with E-state index in [4.69, 9.17) is 9.15 Å². The Hall–Kier alpha value is -3.79. The number of nitrogens with zero attached hydrogens (tertiary/aromatic N) is 2. The summed E-state index contributed by atoms with van der Waals surface area (Å²) >= 11 is 0. The number of furan rings is 1. The van der Waals surface area contributed by atoms with Crippen molar-refractivity contribution < 1.29 is 18.7 Å². The van der Waals surface area contributed by atoms with Crippen LogP contribution in [0.5, 0.6) is 0 Å². The summed E-state index contributed by atoms with van der Waals surface area (Å²) in [6, 6.07) is 13.8. The van der Waals surface area contributed by atoms with Gasteiger partial charge in [-0.1, -0.05) is 38.1 Å². The number of nitriles is 1. The van der Waals surface area contributed by atoms with Gasteiger partial charge in [0, 0.05) is 18.9 Å². The first-order valence-corrected chi connectivity index (χ1v) is 10.1. The Labute approximate surface area is 181 Å². The third kappa shape index (κ3) is 5.23. The molecule has 0 saturated carbocycles. The molecule has 1 N–H and O–H groups in total. The first kappa shape index (κ1) is 21.9. The molecule has 2 aromatic heterocycles. The monoisotopic (exact) mass is 419 g/mol. The van der Waals surface area contributed by atoms with E-state index in [9.17, 15) is 14.9 Å². The maximum absolute atomic E-state index is 12.5. The second-order valence-corrected chi connectivity index (χ2v) is 7.49. The molecule has 1 amide bonds. The van der Waals surface area contributed by atoms with Crippen molar-refractivity contribution in [3.8, 4) is 12.0 Å². The van der Waals surface area contributed by atoms with Gasteiger partial charge in [0.1, 0.15) is 23.0 Å². The number of benzene rings is 1. The number of amides is 1. The number of hydrogen-bond donors (Lipinski definition) is 1. The molecule has 0 atom stereocenters. The van der Waals surface area contributed by atoms with Crippen LogP contribution in [-0.4, -0.2) is 29.6 Å². The van der Waals surface area contributed by atoms with Gasteiger partial charge in [-0.15, -0.1) is 0 Å². The highest BCUT2D eigenvalue weighted by molar-refractivity contribution is 5.95. The molecule has 0 aliphatic carbocycles. The van der Waals surface area contributed by atoms with E-state index in [1.807, 2.05) is 6.07 Å². The van der Waals surface area contributed by atoms with Gasteiger partial charge in [0.15, 0.2) is 6.61 Å². The molecular weight excluding hydrogens is 394 g/mol. The number of aromatic nitrogens is 1. The minimum absolute atomic E-state index is 0.0317. The molecule has 31 heavy (non-hydrogen) atoms. The minimum atomic E-state index is -0.768. The highest BCUT2D eigenvalue weighted by atomic mass is 16.5. The second-order valence-electron chi connectivity index (χ2n) is 7.49. The molecule has 0 saturated heterocycles. The molecule has 0 aliphatic heterocycles. The van der Waals surface area contributed by atoms with Crippen molar-refractivity contribution in [3.63, 3.8) is 0 Å². The fourth-order valence-electron chi connectivity index (χ4n) is 3.20. The zero-order valence-corrected chi connectivity index (χ0v) is 17.8. The lowest BCUT2D eigenvalue weighted by Crippen LogP contribution is -2.30. The largest absolute Gasteiger partial charge is 0.452 e. The van der Waals surface area contributed by atoms with E-state index in [-0.39, 0.29) is 22.8 Å². The lowest BCUT2D eigenvalue weighted by molar-refractivity contribution is -0.124. The van der Waals surface area contributed by atoms with Crippen molar-refractivity contribution in [2.24, 2.45) is 0 Å². The number of hydrogen-bond acceptors (Lipinski definition) is 5. The van der Waals surface area contributed by atoms with Crippen LogP contribution >= 0.6 is 0 Å². The number of nitrogens with one attached hydrogen (secondary N) is 1. The van der Waals surface area contributed by atoms with E-state index in [0.29, 0.717) is 18.9 Å². The second kappa shape index (κ2) is 9.81. The van der Waals surface area contributed by atoms with Gasteiger partial charge in [0.2, 0.25) is 5.88 Å². The molecule has 3 aromatic rings. The molecule has 2 heterocycles. The van der Waals surface area contributed by atoms with Gasteiger partial charge < -0.3 is 14.5 Å². The first-order chi connectivity index (χ1) is 14.9. The molecule has 0 bridgehead atoms. The van der Waals surface area contributed by atoms with Gasteiger partial charge in [-0.3, -0.25) is 9.36 Å². The van der Waals surface area contributed by atoms with E-state index in [2.05, 4.69) is 43.4 Å². The van der Waals surface area contributed by atoms with Gasteiger partial charge in [-0.05, 0) is 42.5 Å². The molecule has 0 spiro atoms. The van der Waals surface area contributed by atoms with E-state index in [1.165, 1.54) is 5.56 Å². The van der Waals surface area contributed by atoms with E-state index in [1.54, 1.807) is 36.0 Å². The standard InChI is InChI=1S/C24H25N3O4/c1-16(2)19-8-6-18(7-9-19)10-11-26-21(28)15-30-24(29)22-17(3)31-23(20(22)14-25)27-12-4-5-13-27/h4-9,12-13,16H,10-11,15H2,1-3H3,(H,26,28). The van der Waals surface area contributed by atoms with Gasteiger partial charge >= 0.3 is 5.97 Å². The van der Waals surface area contributed by atoms with Crippen LogP contribution in [0.25, 0.3) is 5.88 Å². The third-order valence-corrected chi connectivity index (χ3v) is 4.94. The molecule has 3 rings (SSSR count). The number of carbonyl (C=O) groups excluding carboxylic acids is 2. The Morgan fingerprint density at radius 1 is 1.19 bits per heavy atom. The lowest BCUT2D eigenvalue weighted by Gasteiger charge is -2.08. The van der Waals surface area contributed by atoms with Crippen LogP contribution in [-0.2, 0) is 16.0 Å². The van der Waals surface area contributed by atoms with Gasteiger partial charge in [-0.2, -0.15) is 5.26 Å². The summed E-state index contributed by atoms with van der Waals surface area (Å²) < 4.78 is 12.3. The average Bonchev–Trinajstić information content (AvgIpc) is 3.39. The number of carbonyl (C=O) groups is 2. The van der Waals surface area contributed by atoms with Crippen LogP contribution < -0.4 is 5.32 Å². The van der Waals surface area contributed by atoms with Crippen molar-refractivity contribution in [2.45, 2.75) is 33.1 Å². The van der Waals surface area contributed by atoms with Crippen molar-refractivity contribution >= 4 is 11.9 Å². The third-order valence-electron chi connectivity index (χ3n) is 4.94. The van der Waals surface area contributed by atoms with Crippen LogP contribution in [0.2, 0.25) is 0 Å². The molecule has 0 aliphatic rings. The predicted octanol–water partition coefficient (Wildman–Crippen LogP) is 3.89. The number of aryl methyl sites for hydroxylation is 1. The highest BCUT2D eigenvalue weighted by Gasteiger charge is 2.26. The molecule has 160 valence electrons. The summed E-state index contributed by atoms with van der Waals surface area (Å²) in [6.07, 6.45) is 4.09. The quantitative estimate of drug-likeness (QED) is 0.559. The summed E-state index contributed by atoms with van der Waals surface area (Å²) in [5.74, 6) is -0.198. The van der Waals surface area contributed by atoms with Crippen LogP contribution in [0.1, 0.15) is 52.6 Å². The topological polar surface area (TPSA) is 97.3 Å². The SMILES string of the molecule is Cc1oc(-n2cccc2)c(C#N)c1C(=O)OCC(=O)NCCc1ccc(C(C)C)cc1. The van der Waals surface area contributed by atoms with E-state index >= 15 is 0 Å². The van der Waals surface area contributed by atoms with Gasteiger partial charge in [0.25, 0.3) is 5.91 Å². The molecule has 0 radical (unpaired) electrons. The molecule has 1 aromatic carbocycles. The maximum Gasteiger partial charge on any atom is 0.343 e. The van der Waals surface area contributed by atoms with Gasteiger partial charge in [-0.25, -0.2) is 4.79 Å². The normalized spacial score (nSPS) is 10.7. The zero-order valence-electron chi connectivity index (χ0n) is 17.8. The summed E-state index contributed by atoms with van der Waals surface area (Å²) in [4.78, 5) is 24.6. The molecule has 0 unspecified atom stereocenters. The van der Waals surface area contributed by atoms with Crippen LogP contribution in [0.3, 0.4) is 0 Å². The Morgan fingerprint density at radius 2 is 1.87 bits per heavy atom. The molecule has 7 nitrogen and oxygen atoms in total. The van der Waals surface area contributed by atoms with Crippen molar-refractivity contribution in [3.05, 3.63) is 76.8 Å². The van der Waals surface area contributed by atoms with Crippen molar-refractivity contribution in [1.82, 2.24) is 9.88 Å². The first-order valence-electron chi connectivity index (χ1n) is 10.1. The number of ether oxygens (including phenoxy) is 1. The summed E-state index contributed by atoms with van der Waals surface area (Å²) in [6.45, 7) is 5.86. The van der Waals surface area contributed by atoms with Crippen molar-refractivity contribution in [1.29, 1.82) is 5.26 Å². The Kier molecular flexibility index (Phi) is 6.93. The summed E-state index contributed by atoms with van der Waals surface area (Å²) in [5, 5.41) is 12.2. The Balaban J connectivity index is 1.53. The average molecular weight is 419 g/mol. The number of esters is 1. The predicted molar refractivity (Wildman–Crippen MR) is 115 cm³/mol. The minimum Gasteiger partial charge on any atom is -0.452 e. The van der Waals surface area contributed by atoms with Crippen LogP contribution in [0.4, 0.5) is 0 Å². The van der Waals surface area contributed by atoms with Crippen LogP contribution in [0, 0.1) is 18.3 Å². The maximum atomic E-state index is 12.5. The number of rotatable bonds is 8. The molecular formula is C24H25N3O4. The summed E-state index contributed by atoms with van der Waals surface area (Å²) in [7, 11) is 0. The smallest absolute Gasteiger partial charge is 0.343 e. The molecule has 7 heteroatoms. The van der Waals surface area contributed by atoms with Gasteiger partial charge in [0.05, 0.1) is 0 Å². The highest BCUT2D eigenvalue weighted by Crippen LogP contribution is 2.26. The summed E-state index contributed by atoms with van der Waals surface area (Å²) in [5.41, 5.74) is 2.49. The van der Waals surface area contributed by atoms with Crippen molar-refractivity contribution in [2.75, 3.05) is 13.2 Å². The Bertz CT molecular complexity index is 1090.